The third-order valence-corrected chi connectivity index (χ3v) is 2.80. The first-order valence-electron chi connectivity index (χ1n) is 5.13. The molecule has 0 aliphatic heterocycles. The summed E-state index contributed by atoms with van der Waals surface area (Å²) in [7, 11) is 0. The lowest BCUT2D eigenvalue weighted by Gasteiger charge is -1.94. The van der Waals surface area contributed by atoms with Gasteiger partial charge in [-0.15, -0.1) is 12.4 Å². The Bertz CT molecular complexity index is 749. The number of aromatic nitrogens is 2. The molecule has 3 nitrogen and oxygen atoms in total. The second kappa shape index (κ2) is 4.18. The molecule has 1 aromatic carbocycles. The molecule has 0 radical (unpaired) electrons. The van der Waals surface area contributed by atoms with E-state index in [1.165, 1.54) is 0 Å². The minimum atomic E-state index is -0.00870. The van der Waals surface area contributed by atoms with Crippen molar-refractivity contribution >= 4 is 28.8 Å². The highest BCUT2D eigenvalue weighted by Gasteiger charge is 2.04. The van der Waals surface area contributed by atoms with Crippen molar-refractivity contribution in [3.63, 3.8) is 0 Å². The van der Waals surface area contributed by atoms with Crippen molar-refractivity contribution in [2.24, 2.45) is 0 Å². The molecule has 0 aliphatic carbocycles. The second-order valence-corrected chi connectivity index (χ2v) is 3.84. The summed E-state index contributed by atoms with van der Waals surface area (Å²) in [5, 5.41) is 0.689. The second-order valence-electron chi connectivity index (χ2n) is 3.84. The number of benzene rings is 1. The van der Waals surface area contributed by atoms with Gasteiger partial charge in [-0.1, -0.05) is 12.1 Å². The Labute approximate surface area is 104 Å². The van der Waals surface area contributed by atoms with Crippen molar-refractivity contribution < 1.29 is 0 Å². The van der Waals surface area contributed by atoms with Gasteiger partial charge in [0.1, 0.15) is 0 Å². The smallest absolute Gasteiger partial charge is 0.264 e. The number of aryl methyl sites for hydroxylation is 1. The molecule has 17 heavy (non-hydrogen) atoms. The molecule has 4 heteroatoms. The minimum absolute atomic E-state index is 0. The molecule has 0 amide bonds. The SMILES string of the molecule is Cc1cccc2ncc3cccn3c(=O)c12.Cl. The average molecular weight is 247 g/mol. The normalized spacial score (nSPS) is 10.4. The van der Waals surface area contributed by atoms with E-state index in [-0.39, 0.29) is 18.0 Å². The molecule has 0 saturated carbocycles. The van der Waals surface area contributed by atoms with Crippen LogP contribution in [-0.4, -0.2) is 9.38 Å². The fourth-order valence-corrected chi connectivity index (χ4v) is 1.98. The molecule has 0 atom stereocenters. The largest absolute Gasteiger partial charge is 0.282 e. The van der Waals surface area contributed by atoms with Gasteiger partial charge in [0.15, 0.2) is 0 Å². The fourth-order valence-electron chi connectivity index (χ4n) is 1.98. The number of fused-ring (bicyclic) bond motifs is 2. The monoisotopic (exact) mass is 246 g/mol. The van der Waals surface area contributed by atoms with Crippen LogP contribution < -0.4 is 5.56 Å². The molecule has 2 heterocycles. The van der Waals surface area contributed by atoms with Gasteiger partial charge < -0.3 is 0 Å². The lowest BCUT2D eigenvalue weighted by Crippen LogP contribution is -2.09. The molecule has 3 rings (SSSR count). The maximum absolute atomic E-state index is 12.3. The zero-order valence-electron chi connectivity index (χ0n) is 9.25. The summed E-state index contributed by atoms with van der Waals surface area (Å²) in [6, 6.07) is 9.44. The first-order valence-corrected chi connectivity index (χ1v) is 5.13. The summed E-state index contributed by atoms with van der Waals surface area (Å²) in [5.41, 5.74) is 2.51. The van der Waals surface area contributed by atoms with Crippen LogP contribution in [0.3, 0.4) is 0 Å². The van der Waals surface area contributed by atoms with Gasteiger partial charge in [-0.2, -0.15) is 0 Å². The van der Waals surface area contributed by atoms with Gasteiger partial charge in [-0.25, -0.2) is 0 Å². The Morgan fingerprint density at radius 3 is 2.82 bits per heavy atom. The standard InChI is InChI=1S/C13H10N2O.ClH/c1-9-4-2-6-11-12(9)13(16)15-7-3-5-10(15)8-14-11;/h2-8H,1H3;1H. The van der Waals surface area contributed by atoms with E-state index in [0.717, 1.165) is 16.6 Å². The third kappa shape index (κ3) is 1.68. The summed E-state index contributed by atoms with van der Waals surface area (Å²) in [4.78, 5) is 16.6. The van der Waals surface area contributed by atoms with E-state index < -0.39 is 0 Å². The van der Waals surface area contributed by atoms with E-state index in [1.807, 2.05) is 37.3 Å². The molecule has 0 spiro atoms. The number of hydrogen-bond donors (Lipinski definition) is 0. The average Bonchev–Trinajstić information content (AvgIpc) is 2.69. The highest BCUT2D eigenvalue weighted by Crippen LogP contribution is 2.11. The number of hydrogen-bond acceptors (Lipinski definition) is 2. The molecular weight excluding hydrogens is 236 g/mol. The van der Waals surface area contributed by atoms with E-state index in [2.05, 4.69) is 4.98 Å². The molecule has 86 valence electrons. The van der Waals surface area contributed by atoms with Crippen molar-refractivity contribution in [1.29, 1.82) is 0 Å². The molecule has 0 fully saturated rings. The molecule has 3 aromatic rings. The highest BCUT2D eigenvalue weighted by atomic mass is 35.5. The maximum Gasteiger partial charge on any atom is 0.264 e. The van der Waals surface area contributed by atoms with Gasteiger partial charge in [0.2, 0.25) is 0 Å². The Kier molecular flexibility index (Phi) is 2.86. The maximum atomic E-state index is 12.3. The van der Waals surface area contributed by atoms with E-state index in [4.69, 9.17) is 0 Å². The zero-order valence-corrected chi connectivity index (χ0v) is 10.1. The van der Waals surface area contributed by atoms with Crippen molar-refractivity contribution in [1.82, 2.24) is 9.38 Å². The first kappa shape index (κ1) is 11.6. The lowest BCUT2D eigenvalue weighted by molar-refractivity contribution is 1.15. The zero-order chi connectivity index (χ0) is 11.1. The van der Waals surface area contributed by atoms with Crippen molar-refractivity contribution in [3.05, 3.63) is 58.6 Å². The predicted molar refractivity (Wildman–Crippen MR) is 71.0 cm³/mol. The Hall–Kier alpha value is -1.87. The van der Waals surface area contributed by atoms with Crippen LogP contribution in [-0.2, 0) is 0 Å². The van der Waals surface area contributed by atoms with Crippen LogP contribution in [0.25, 0.3) is 16.4 Å². The summed E-state index contributed by atoms with van der Waals surface area (Å²) < 4.78 is 1.63. The third-order valence-electron chi connectivity index (χ3n) is 2.80. The molecule has 2 aromatic heterocycles. The van der Waals surface area contributed by atoms with E-state index in [0.29, 0.717) is 5.39 Å². The number of rotatable bonds is 0. The lowest BCUT2D eigenvalue weighted by atomic mass is 10.1. The van der Waals surface area contributed by atoms with Gasteiger partial charge in [0.25, 0.3) is 5.56 Å². The summed E-state index contributed by atoms with van der Waals surface area (Å²) >= 11 is 0. The van der Waals surface area contributed by atoms with Crippen molar-refractivity contribution in [2.45, 2.75) is 6.92 Å². The van der Waals surface area contributed by atoms with E-state index in [1.54, 1.807) is 16.8 Å². The van der Waals surface area contributed by atoms with Gasteiger partial charge in [-0.3, -0.25) is 14.2 Å². The van der Waals surface area contributed by atoms with Crippen LogP contribution in [0.1, 0.15) is 5.56 Å². The Balaban J connectivity index is 0.00000108. The predicted octanol–water partition coefficient (Wildman–Crippen LogP) is 2.58. The quantitative estimate of drug-likeness (QED) is 0.611. The summed E-state index contributed by atoms with van der Waals surface area (Å²) in [6.45, 7) is 1.93. The molecule has 0 saturated heterocycles. The van der Waals surface area contributed by atoms with Gasteiger partial charge in [0.05, 0.1) is 22.6 Å². The summed E-state index contributed by atoms with van der Waals surface area (Å²) in [6.07, 6.45) is 3.49. The van der Waals surface area contributed by atoms with Crippen molar-refractivity contribution in [2.75, 3.05) is 0 Å². The van der Waals surface area contributed by atoms with Crippen LogP contribution in [0.5, 0.6) is 0 Å². The molecule has 0 bridgehead atoms. The number of nitrogens with zero attached hydrogens (tertiary/aromatic N) is 2. The first-order chi connectivity index (χ1) is 7.77. The Morgan fingerprint density at radius 1 is 1.18 bits per heavy atom. The molecule has 0 unspecified atom stereocenters. The van der Waals surface area contributed by atoms with Crippen LogP contribution >= 0.6 is 12.4 Å². The molecule has 0 aliphatic rings. The van der Waals surface area contributed by atoms with Crippen LogP contribution in [0.2, 0.25) is 0 Å². The van der Waals surface area contributed by atoms with Crippen LogP contribution in [0, 0.1) is 6.92 Å². The van der Waals surface area contributed by atoms with Gasteiger partial charge in [0, 0.05) is 6.20 Å². The van der Waals surface area contributed by atoms with Crippen LogP contribution in [0.15, 0.2) is 47.5 Å². The van der Waals surface area contributed by atoms with E-state index in [9.17, 15) is 4.79 Å². The molecule has 0 N–H and O–H groups in total. The highest BCUT2D eigenvalue weighted by molar-refractivity contribution is 5.85. The van der Waals surface area contributed by atoms with E-state index >= 15 is 0 Å². The molecular formula is C13H11ClN2O. The van der Waals surface area contributed by atoms with Gasteiger partial charge in [-0.05, 0) is 30.7 Å². The van der Waals surface area contributed by atoms with Crippen molar-refractivity contribution in [3.8, 4) is 0 Å². The topological polar surface area (TPSA) is 34.4 Å². The minimum Gasteiger partial charge on any atom is -0.282 e. The van der Waals surface area contributed by atoms with Gasteiger partial charge >= 0.3 is 0 Å². The Morgan fingerprint density at radius 2 is 2.00 bits per heavy atom. The summed E-state index contributed by atoms with van der Waals surface area (Å²) in [5.74, 6) is 0. The number of halogens is 1. The van der Waals surface area contributed by atoms with Crippen LogP contribution in [0.4, 0.5) is 0 Å². The fraction of sp³-hybridized carbons (Fsp3) is 0.0769.